The van der Waals surface area contributed by atoms with Crippen LogP contribution in [0.3, 0.4) is 0 Å². The molecule has 0 fully saturated rings. The van der Waals surface area contributed by atoms with E-state index in [-0.39, 0.29) is 17.0 Å². The molecule has 0 aliphatic carbocycles. The zero-order valence-electron chi connectivity index (χ0n) is 15.6. The largest absolute Gasteiger partial charge is 0.332 e. The molecule has 144 valence electrons. The van der Waals surface area contributed by atoms with Gasteiger partial charge in [0.15, 0.2) is 0 Å². The van der Waals surface area contributed by atoms with Gasteiger partial charge in [0.05, 0.1) is 10.6 Å². The monoisotopic (exact) mass is 398 g/mol. The first-order valence-electron chi connectivity index (χ1n) is 8.83. The summed E-state index contributed by atoms with van der Waals surface area (Å²) in [4.78, 5) is 23.1. The van der Waals surface area contributed by atoms with Crippen molar-refractivity contribution >= 4 is 29.1 Å². The molecule has 1 amide bonds. The maximum Gasteiger partial charge on any atom is 0.257 e. The minimum absolute atomic E-state index is 0.00489. The van der Waals surface area contributed by atoms with Crippen molar-refractivity contribution in [2.24, 2.45) is 0 Å². The summed E-state index contributed by atoms with van der Waals surface area (Å²) in [5, 5.41) is 2.94. The Balaban J connectivity index is 1.73. The van der Waals surface area contributed by atoms with Gasteiger partial charge in [0.25, 0.3) is 5.91 Å². The lowest BCUT2D eigenvalue weighted by Gasteiger charge is -2.26. The molecule has 0 saturated heterocycles. The molecule has 3 rings (SSSR count). The van der Waals surface area contributed by atoms with Crippen molar-refractivity contribution in [2.45, 2.75) is 26.4 Å². The van der Waals surface area contributed by atoms with E-state index >= 15 is 0 Å². The SMILES string of the molecule is CC(C)N(Cc1ccccc1)C(=O)c1cnc(Nc2ccc(F)c(Cl)c2)nc1. The van der Waals surface area contributed by atoms with Crippen molar-refractivity contribution in [3.05, 3.63) is 82.9 Å². The maximum atomic E-state index is 13.2. The summed E-state index contributed by atoms with van der Waals surface area (Å²) in [5.74, 6) is -0.352. The fourth-order valence-corrected chi connectivity index (χ4v) is 2.82. The molecule has 0 atom stereocenters. The van der Waals surface area contributed by atoms with Crippen LogP contribution in [0.4, 0.5) is 16.0 Å². The van der Waals surface area contributed by atoms with Gasteiger partial charge in [0, 0.05) is 30.7 Å². The zero-order valence-corrected chi connectivity index (χ0v) is 16.3. The predicted molar refractivity (Wildman–Crippen MR) is 108 cm³/mol. The molecule has 0 aliphatic heterocycles. The Morgan fingerprint density at radius 3 is 2.43 bits per heavy atom. The molecule has 3 aromatic rings. The van der Waals surface area contributed by atoms with Crippen LogP contribution in [-0.4, -0.2) is 26.8 Å². The highest BCUT2D eigenvalue weighted by molar-refractivity contribution is 6.31. The number of carbonyl (C=O) groups excluding carboxylic acids is 1. The van der Waals surface area contributed by atoms with Gasteiger partial charge in [-0.25, -0.2) is 14.4 Å². The molecule has 0 saturated carbocycles. The van der Waals surface area contributed by atoms with Crippen LogP contribution in [0.25, 0.3) is 0 Å². The van der Waals surface area contributed by atoms with E-state index in [1.165, 1.54) is 30.6 Å². The van der Waals surface area contributed by atoms with Crippen LogP contribution in [-0.2, 0) is 6.54 Å². The van der Waals surface area contributed by atoms with Gasteiger partial charge in [-0.05, 0) is 37.6 Å². The number of hydrogen-bond acceptors (Lipinski definition) is 4. The molecule has 0 unspecified atom stereocenters. The van der Waals surface area contributed by atoms with Gasteiger partial charge < -0.3 is 10.2 Å². The second-order valence-corrected chi connectivity index (χ2v) is 6.97. The number of benzene rings is 2. The molecule has 7 heteroatoms. The normalized spacial score (nSPS) is 10.8. The molecule has 1 N–H and O–H groups in total. The molecule has 5 nitrogen and oxygen atoms in total. The highest BCUT2D eigenvalue weighted by Crippen LogP contribution is 2.21. The number of amides is 1. The van der Waals surface area contributed by atoms with E-state index in [2.05, 4.69) is 15.3 Å². The highest BCUT2D eigenvalue weighted by atomic mass is 35.5. The Morgan fingerprint density at radius 2 is 1.82 bits per heavy atom. The zero-order chi connectivity index (χ0) is 20.1. The third-order valence-electron chi connectivity index (χ3n) is 4.15. The summed E-state index contributed by atoms with van der Waals surface area (Å²) < 4.78 is 13.2. The van der Waals surface area contributed by atoms with Crippen molar-refractivity contribution in [3.63, 3.8) is 0 Å². The molecular weight excluding hydrogens is 379 g/mol. The van der Waals surface area contributed by atoms with Gasteiger partial charge in [-0.2, -0.15) is 0 Å². The van der Waals surface area contributed by atoms with E-state index in [4.69, 9.17) is 11.6 Å². The van der Waals surface area contributed by atoms with Crippen molar-refractivity contribution in [3.8, 4) is 0 Å². The molecule has 1 heterocycles. The first-order chi connectivity index (χ1) is 13.4. The van der Waals surface area contributed by atoms with Gasteiger partial charge in [-0.3, -0.25) is 4.79 Å². The van der Waals surface area contributed by atoms with Crippen LogP contribution >= 0.6 is 11.6 Å². The average molecular weight is 399 g/mol. The highest BCUT2D eigenvalue weighted by Gasteiger charge is 2.20. The number of halogens is 2. The Hall–Kier alpha value is -2.99. The molecule has 1 aromatic heterocycles. The summed E-state index contributed by atoms with van der Waals surface area (Å²) in [6.07, 6.45) is 2.95. The van der Waals surface area contributed by atoms with Gasteiger partial charge in [0.1, 0.15) is 5.82 Å². The molecule has 0 bridgehead atoms. The average Bonchev–Trinajstić information content (AvgIpc) is 2.69. The summed E-state index contributed by atoms with van der Waals surface area (Å²) in [7, 11) is 0. The minimum Gasteiger partial charge on any atom is -0.332 e. The van der Waals surface area contributed by atoms with E-state index < -0.39 is 5.82 Å². The Bertz CT molecular complexity index is 948. The van der Waals surface area contributed by atoms with Gasteiger partial charge in [-0.15, -0.1) is 0 Å². The lowest BCUT2D eigenvalue weighted by molar-refractivity contribution is 0.0689. The number of hydrogen-bond donors (Lipinski definition) is 1. The molecular formula is C21H20ClFN4O. The fourth-order valence-electron chi connectivity index (χ4n) is 2.64. The van der Waals surface area contributed by atoms with E-state index in [0.717, 1.165) is 5.56 Å². The Kier molecular flexibility index (Phi) is 6.21. The number of anilines is 2. The van der Waals surface area contributed by atoms with Crippen LogP contribution in [0.15, 0.2) is 60.9 Å². The third kappa shape index (κ3) is 4.84. The maximum absolute atomic E-state index is 13.2. The number of nitrogens with one attached hydrogen (secondary N) is 1. The van der Waals surface area contributed by atoms with Crippen molar-refractivity contribution in [2.75, 3.05) is 5.32 Å². The number of carbonyl (C=O) groups is 1. The summed E-state index contributed by atoms with van der Waals surface area (Å²) in [5.41, 5.74) is 2.00. The molecule has 28 heavy (non-hydrogen) atoms. The number of nitrogens with zero attached hydrogens (tertiary/aromatic N) is 3. The first kappa shape index (κ1) is 19.8. The van der Waals surface area contributed by atoms with Crippen LogP contribution in [0.2, 0.25) is 5.02 Å². The standard InChI is InChI=1S/C21H20ClFN4O/c1-14(2)27(13-15-6-4-3-5-7-15)20(28)16-11-24-21(25-12-16)26-17-8-9-19(23)18(22)10-17/h3-12,14H,13H2,1-2H3,(H,24,25,26). The first-order valence-corrected chi connectivity index (χ1v) is 9.21. The molecule has 0 radical (unpaired) electrons. The van der Waals surface area contributed by atoms with Crippen LogP contribution in [0, 0.1) is 5.82 Å². The lowest BCUT2D eigenvalue weighted by atomic mass is 10.1. The summed E-state index contributed by atoms with van der Waals surface area (Å²) in [6, 6.07) is 14.1. The third-order valence-corrected chi connectivity index (χ3v) is 4.44. The Morgan fingerprint density at radius 1 is 1.14 bits per heavy atom. The second kappa shape index (κ2) is 8.80. The summed E-state index contributed by atoms with van der Waals surface area (Å²) >= 11 is 5.77. The van der Waals surface area contributed by atoms with Gasteiger partial charge in [-0.1, -0.05) is 41.9 Å². The molecule has 2 aromatic carbocycles. The summed E-state index contributed by atoms with van der Waals surface area (Å²) in [6.45, 7) is 4.44. The van der Waals surface area contributed by atoms with Crippen LogP contribution in [0.1, 0.15) is 29.8 Å². The van der Waals surface area contributed by atoms with Gasteiger partial charge in [0.2, 0.25) is 5.95 Å². The number of rotatable bonds is 6. The fraction of sp³-hybridized carbons (Fsp3) is 0.190. The molecule has 0 aliphatic rings. The smallest absolute Gasteiger partial charge is 0.257 e. The Labute approximate surface area is 168 Å². The van der Waals surface area contributed by atoms with Crippen LogP contribution < -0.4 is 5.32 Å². The van der Waals surface area contributed by atoms with Crippen molar-refractivity contribution < 1.29 is 9.18 Å². The minimum atomic E-state index is -0.499. The lowest BCUT2D eigenvalue weighted by Crippen LogP contribution is -2.36. The van der Waals surface area contributed by atoms with Gasteiger partial charge >= 0.3 is 0 Å². The quantitative estimate of drug-likeness (QED) is 0.630. The predicted octanol–water partition coefficient (Wildman–Crippen LogP) is 5.06. The van der Waals surface area contributed by atoms with Crippen molar-refractivity contribution in [1.29, 1.82) is 0 Å². The van der Waals surface area contributed by atoms with Crippen LogP contribution in [0.5, 0.6) is 0 Å². The number of aromatic nitrogens is 2. The van der Waals surface area contributed by atoms with E-state index in [1.807, 2.05) is 44.2 Å². The second-order valence-electron chi connectivity index (χ2n) is 6.56. The van der Waals surface area contributed by atoms with Crippen molar-refractivity contribution in [1.82, 2.24) is 14.9 Å². The molecule has 0 spiro atoms. The van der Waals surface area contributed by atoms with E-state index in [0.29, 0.717) is 23.7 Å². The van der Waals surface area contributed by atoms with E-state index in [9.17, 15) is 9.18 Å². The van der Waals surface area contributed by atoms with E-state index in [1.54, 1.807) is 4.90 Å². The topological polar surface area (TPSA) is 58.1 Å².